The first-order valence-electron chi connectivity index (χ1n) is 4.47. The maximum absolute atomic E-state index is 10.9. The van der Waals surface area contributed by atoms with Gasteiger partial charge in [-0.15, -0.1) is 0 Å². The predicted octanol–water partition coefficient (Wildman–Crippen LogP) is 1.30. The van der Waals surface area contributed by atoms with Crippen molar-refractivity contribution in [3.05, 3.63) is 29.8 Å². The minimum atomic E-state index is -4.23. The Hall–Kier alpha value is -1.40. The first-order valence-corrected chi connectivity index (χ1v) is 5.91. The van der Waals surface area contributed by atoms with Crippen LogP contribution in [0.3, 0.4) is 0 Å². The number of aliphatic carboxylic acids is 1. The molecule has 0 aliphatic rings. The summed E-state index contributed by atoms with van der Waals surface area (Å²) in [5.41, 5.74) is -0.634. The molecule has 0 unspecified atom stereocenters. The lowest BCUT2D eigenvalue weighted by molar-refractivity contribution is -0.142. The minimum Gasteiger partial charge on any atom is -0.481 e. The zero-order valence-electron chi connectivity index (χ0n) is 8.84. The van der Waals surface area contributed by atoms with Crippen molar-refractivity contribution in [1.82, 2.24) is 0 Å². The van der Waals surface area contributed by atoms with Gasteiger partial charge in [0, 0.05) is 0 Å². The van der Waals surface area contributed by atoms with Gasteiger partial charge in [-0.2, -0.15) is 8.42 Å². The molecular weight excluding hydrogens is 232 g/mol. The topological polar surface area (TPSA) is 91.7 Å². The lowest BCUT2D eigenvalue weighted by atomic mass is 9.85. The molecule has 2 N–H and O–H groups in total. The van der Waals surface area contributed by atoms with E-state index in [2.05, 4.69) is 0 Å². The summed E-state index contributed by atoms with van der Waals surface area (Å²) in [6.07, 6.45) is 0. The Labute approximate surface area is 93.5 Å². The summed E-state index contributed by atoms with van der Waals surface area (Å²) in [5, 5.41) is 8.96. The maximum Gasteiger partial charge on any atom is 0.313 e. The van der Waals surface area contributed by atoms with E-state index in [1.54, 1.807) is 0 Å². The maximum atomic E-state index is 10.9. The van der Waals surface area contributed by atoms with E-state index >= 15 is 0 Å². The van der Waals surface area contributed by atoms with Gasteiger partial charge in [0.2, 0.25) is 0 Å². The van der Waals surface area contributed by atoms with E-state index in [0.29, 0.717) is 5.56 Å². The molecule has 88 valence electrons. The second-order valence-electron chi connectivity index (χ2n) is 3.93. The lowest BCUT2D eigenvalue weighted by Crippen LogP contribution is -2.28. The first-order chi connectivity index (χ1) is 7.15. The molecule has 0 atom stereocenters. The summed E-state index contributed by atoms with van der Waals surface area (Å²) in [5.74, 6) is -1.01. The van der Waals surface area contributed by atoms with Gasteiger partial charge in [0.15, 0.2) is 0 Å². The summed E-state index contributed by atoms with van der Waals surface area (Å²) in [6.45, 7) is 3.02. The monoisotopic (exact) mass is 244 g/mol. The number of carboxylic acid groups (broad SMARTS) is 1. The summed E-state index contributed by atoms with van der Waals surface area (Å²) in [4.78, 5) is 10.7. The highest BCUT2D eigenvalue weighted by Crippen LogP contribution is 2.24. The highest BCUT2D eigenvalue weighted by atomic mass is 32.2. The highest BCUT2D eigenvalue weighted by Gasteiger charge is 2.29. The first kappa shape index (κ1) is 12.7. The van der Waals surface area contributed by atoms with Crippen LogP contribution in [-0.2, 0) is 20.3 Å². The van der Waals surface area contributed by atoms with E-state index in [-0.39, 0.29) is 4.90 Å². The Kier molecular flexibility index (Phi) is 3.07. The van der Waals surface area contributed by atoms with Crippen molar-refractivity contribution in [3.63, 3.8) is 0 Å². The quantitative estimate of drug-likeness (QED) is 0.782. The SMILES string of the molecule is CC(C)(C(=O)O)c1ccc(S(=O)(=O)O)cc1. The standard InChI is InChI=1S/C10H12O5S/c1-10(2,9(11)12)7-3-5-8(6-4-7)16(13,14)15/h3-6H,1-2H3,(H,11,12)(H,13,14,15). The molecule has 1 aromatic rings. The van der Waals surface area contributed by atoms with Crippen LogP contribution in [0, 0.1) is 0 Å². The third kappa shape index (κ3) is 2.40. The molecule has 0 radical (unpaired) electrons. The Morgan fingerprint density at radius 1 is 1.19 bits per heavy atom. The molecule has 0 spiro atoms. The fourth-order valence-corrected chi connectivity index (χ4v) is 1.65. The second kappa shape index (κ2) is 3.88. The van der Waals surface area contributed by atoms with Gasteiger partial charge in [-0.3, -0.25) is 9.35 Å². The van der Waals surface area contributed by atoms with E-state index in [9.17, 15) is 13.2 Å². The van der Waals surface area contributed by atoms with Crippen molar-refractivity contribution in [3.8, 4) is 0 Å². The molecule has 0 saturated heterocycles. The Bertz CT molecular complexity index is 499. The van der Waals surface area contributed by atoms with Crippen molar-refractivity contribution in [1.29, 1.82) is 0 Å². The van der Waals surface area contributed by atoms with Crippen LogP contribution in [0.4, 0.5) is 0 Å². The fraction of sp³-hybridized carbons (Fsp3) is 0.300. The van der Waals surface area contributed by atoms with E-state index in [1.807, 2.05) is 0 Å². The zero-order chi connectivity index (χ0) is 12.6. The van der Waals surface area contributed by atoms with Crippen molar-refractivity contribution in [2.75, 3.05) is 0 Å². The van der Waals surface area contributed by atoms with Crippen LogP contribution < -0.4 is 0 Å². The third-order valence-electron chi connectivity index (χ3n) is 2.41. The van der Waals surface area contributed by atoms with Gasteiger partial charge in [0.25, 0.3) is 10.1 Å². The van der Waals surface area contributed by atoms with Gasteiger partial charge in [-0.1, -0.05) is 12.1 Å². The molecule has 0 aromatic heterocycles. The van der Waals surface area contributed by atoms with Crippen LogP contribution in [-0.4, -0.2) is 24.0 Å². The largest absolute Gasteiger partial charge is 0.481 e. The molecule has 5 nitrogen and oxygen atoms in total. The van der Waals surface area contributed by atoms with Crippen LogP contribution in [0.5, 0.6) is 0 Å². The summed E-state index contributed by atoms with van der Waals surface area (Å²) >= 11 is 0. The van der Waals surface area contributed by atoms with Crippen molar-refractivity contribution in [2.24, 2.45) is 0 Å². The highest BCUT2D eigenvalue weighted by molar-refractivity contribution is 7.85. The summed E-state index contributed by atoms with van der Waals surface area (Å²) < 4.78 is 30.3. The number of benzene rings is 1. The minimum absolute atomic E-state index is 0.252. The van der Waals surface area contributed by atoms with Gasteiger partial charge in [-0.05, 0) is 31.5 Å². The van der Waals surface area contributed by atoms with Crippen molar-refractivity contribution < 1.29 is 22.9 Å². The summed E-state index contributed by atoms with van der Waals surface area (Å²) in [6, 6.07) is 5.10. The lowest BCUT2D eigenvalue weighted by Gasteiger charge is -2.19. The van der Waals surface area contributed by atoms with Crippen LogP contribution in [0.2, 0.25) is 0 Å². The molecule has 16 heavy (non-hydrogen) atoms. The molecule has 1 rings (SSSR count). The molecule has 0 amide bonds. The van der Waals surface area contributed by atoms with E-state index in [0.717, 1.165) is 0 Å². The van der Waals surface area contributed by atoms with Crippen molar-refractivity contribution in [2.45, 2.75) is 24.2 Å². The smallest absolute Gasteiger partial charge is 0.313 e. The van der Waals surface area contributed by atoms with Gasteiger partial charge in [-0.25, -0.2) is 0 Å². The molecule has 0 saturated carbocycles. The van der Waals surface area contributed by atoms with Crippen LogP contribution in [0.1, 0.15) is 19.4 Å². The van der Waals surface area contributed by atoms with Gasteiger partial charge >= 0.3 is 5.97 Å². The number of rotatable bonds is 3. The number of hydrogen-bond acceptors (Lipinski definition) is 3. The number of hydrogen-bond donors (Lipinski definition) is 2. The molecule has 0 aliphatic heterocycles. The van der Waals surface area contributed by atoms with Gasteiger partial charge in [0.1, 0.15) is 0 Å². The van der Waals surface area contributed by atoms with Crippen LogP contribution >= 0.6 is 0 Å². The van der Waals surface area contributed by atoms with Crippen molar-refractivity contribution >= 4 is 16.1 Å². The molecule has 0 bridgehead atoms. The average molecular weight is 244 g/mol. The Balaban J connectivity index is 3.19. The third-order valence-corrected chi connectivity index (χ3v) is 3.28. The number of carbonyl (C=O) groups is 1. The fourth-order valence-electron chi connectivity index (χ4n) is 1.17. The summed E-state index contributed by atoms with van der Waals surface area (Å²) in [7, 11) is -4.23. The van der Waals surface area contributed by atoms with Gasteiger partial charge in [0.05, 0.1) is 10.3 Å². The normalized spacial score (nSPS) is 12.4. The van der Waals surface area contributed by atoms with E-state index in [1.165, 1.54) is 38.1 Å². The molecule has 0 fully saturated rings. The second-order valence-corrected chi connectivity index (χ2v) is 5.35. The van der Waals surface area contributed by atoms with Crippen LogP contribution in [0.25, 0.3) is 0 Å². The zero-order valence-corrected chi connectivity index (χ0v) is 9.65. The Morgan fingerprint density at radius 3 is 1.94 bits per heavy atom. The van der Waals surface area contributed by atoms with E-state index < -0.39 is 21.5 Å². The van der Waals surface area contributed by atoms with Gasteiger partial charge < -0.3 is 5.11 Å². The molecule has 6 heteroatoms. The molecular formula is C10H12O5S. The molecule has 1 aromatic carbocycles. The Morgan fingerprint density at radius 2 is 1.62 bits per heavy atom. The van der Waals surface area contributed by atoms with E-state index in [4.69, 9.17) is 9.66 Å². The molecule has 0 heterocycles. The number of carboxylic acids is 1. The average Bonchev–Trinajstić information content (AvgIpc) is 2.16. The molecule has 0 aliphatic carbocycles. The van der Waals surface area contributed by atoms with Crippen LogP contribution in [0.15, 0.2) is 29.2 Å². The predicted molar refractivity (Wildman–Crippen MR) is 56.9 cm³/mol.